The van der Waals surface area contributed by atoms with Crippen molar-refractivity contribution in [1.29, 1.82) is 5.26 Å². The van der Waals surface area contributed by atoms with Crippen LogP contribution in [0.3, 0.4) is 0 Å². The van der Waals surface area contributed by atoms with E-state index in [-0.39, 0.29) is 0 Å². The second kappa shape index (κ2) is 13.3. The highest BCUT2D eigenvalue weighted by atomic mass is 35.5. The molecule has 5 nitrogen and oxygen atoms in total. The van der Waals surface area contributed by atoms with Gasteiger partial charge in [-0.25, -0.2) is 4.98 Å². The van der Waals surface area contributed by atoms with Crippen LogP contribution in [0.4, 0.5) is 0 Å². The molecule has 0 saturated carbocycles. The Morgan fingerprint density at radius 2 is 1.74 bits per heavy atom. The Kier molecular flexibility index (Phi) is 9.14. The number of halogens is 1. The summed E-state index contributed by atoms with van der Waals surface area (Å²) in [7, 11) is 0. The molecule has 220 valence electrons. The SMILES string of the molecule is CC(C)c1sc(C2CCN(CCCCc3c[nH]c4ccc(C#N)cc34)CC2)nc1-c1ccc(Oc2ccc(Cl)cc2)cc1. The van der Waals surface area contributed by atoms with Crippen LogP contribution >= 0.6 is 22.9 Å². The molecule has 1 fully saturated rings. The number of benzene rings is 3. The molecule has 0 spiro atoms. The maximum absolute atomic E-state index is 9.25. The maximum atomic E-state index is 9.25. The highest BCUT2D eigenvalue weighted by Crippen LogP contribution is 2.40. The maximum Gasteiger partial charge on any atom is 0.127 e. The lowest BCUT2D eigenvalue weighted by atomic mass is 9.97. The van der Waals surface area contributed by atoms with Crippen LogP contribution in [0.15, 0.2) is 72.9 Å². The number of H-pyrrole nitrogens is 1. The Morgan fingerprint density at radius 1 is 1.02 bits per heavy atom. The smallest absolute Gasteiger partial charge is 0.127 e. The van der Waals surface area contributed by atoms with Crippen LogP contribution in [0.25, 0.3) is 22.2 Å². The average Bonchev–Trinajstić information content (AvgIpc) is 3.66. The molecule has 2 aromatic heterocycles. The zero-order valence-electron chi connectivity index (χ0n) is 24.8. The number of nitrogens with zero attached hydrogens (tertiary/aromatic N) is 3. The molecule has 0 amide bonds. The van der Waals surface area contributed by atoms with Crippen LogP contribution in [0, 0.1) is 11.3 Å². The van der Waals surface area contributed by atoms with Gasteiger partial charge in [0.05, 0.1) is 22.3 Å². The number of nitrogens with one attached hydrogen (secondary N) is 1. The van der Waals surface area contributed by atoms with Gasteiger partial charge < -0.3 is 14.6 Å². The molecule has 0 bridgehead atoms. The number of nitriles is 1. The molecular formula is C36H37ClN4OS. The molecule has 0 atom stereocenters. The van der Waals surface area contributed by atoms with Crippen molar-refractivity contribution in [3.8, 4) is 28.8 Å². The highest BCUT2D eigenvalue weighted by Gasteiger charge is 2.25. The first-order valence-corrected chi connectivity index (χ1v) is 16.4. The van der Waals surface area contributed by atoms with Crippen LogP contribution in [-0.2, 0) is 6.42 Å². The first-order valence-electron chi connectivity index (χ1n) is 15.2. The summed E-state index contributed by atoms with van der Waals surface area (Å²) >= 11 is 7.91. The van der Waals surface area contributed by atoms with Crippen molar-refractivity contribution in [3.05, 3.63) is 99.0 Å². The van der Waals surface area contributed by atoms with Gasteiger partial charge in [0.2, 0.25) is 0 Å². The van der Waals surface area contributed by atoms with Crippen LogP contribution < -0.4 is 4.74 Å². The molecule has 0 radical (unpaired) electrons. The van der Waals surface area contributed by atoms with E-state index in [0.717, 1.165) is 79.2 Å². The Hall–Kier alpha value is -3.63. The fourth-order valence-corrected chi connectivity index (χ4v) is 7.34. The molecule has 1 N–H and O–H groups in total. The molecule has 6 rings (SSSR count). The number of rotatable bonds is 10. The van der Waals surface area contributed by atoms with Gasteiger partial charge in [-0.2, -0.15) is 5.26 Å². The van der Waals surface area contributed by atoms with E-state index in [4.69, 9.17) is 21.3 Å². The number of hydrogen-bond donors (Lipinski definition) is 1. The van der Waals surface area contributed by atoms with Gasteiger partial charge in [0.15, 0.2) is 0 Å². The summed E-state index contributed by atoms with van der Waals surface area (Å²) < 4.78 is 6.00. The van der Waals surface area contributed by atoms with Crippen molar-refractivity contribution >= 4 is 33.8 Å². The van der Waals surface area contributed by atoms with Crippen molar-refractivity contribution in [2.24, 2.45) is 0 Å². The minimum Gasteiger partial charge on any atom is -0.457 e. The number of aromatic nitrogens is 2. The van der Waals surface area contributed by atoms with Gasteiger partial charge in [0, 0.05) is 38.5 Å². The number of hydrogen-bond acceptors (Lipinski definition) is 5. The number of unbranched alkanes of at least 4 members (excludes halogenated alkanes) is 1. The Bertz CT molecular complexity index is 1710. The van der Waals surface area contributed by atoms with Crippen molar-refractivity contribution in [2.45, 2.75) is 57.8 Å². The van der Waals surface area contributed by atoms with Crippen molar-refractivity contribution in [3.63, 3.8) is 0 Å². The second-order valence-corrected chi connectivity index (χ2v) is 13.3. The van der Waals surface area contributed by atoms with Crippen LogP contribution in [0.5, 0.6) is 11.5 Å². The highest BCUT2D eigenvalue weighted by molar-refractivity contribution is 7.12. The van der Waals surface area contributed by atoms with Crippen molar-refractivity contribution < 1.29 is 4.74 Å². The second-order valence-electron chi connectivity index (χ2n) is 11.8. The number of fused-ring (bicyclic) bond motifs is 1. The zero-order valence-corrected chi connectivity index (χ0v) is 26.3. The van der Waals surface area contributed by atoms with Gasteiger partial charge in [-0.15, -0.1) is 11.3 Å². The molecule has 0 aliphatic carbocycles. The van der Waals surface area contributed by atoms with Gasteiger partial charge in [0.25, 0.3) is 0 Å². The zero-order chi connectivity index (χ0) is 29.8. The largest absolute Gasteiger partial charge is 0.457 e. The normalized spacial score (nSPS) is 14.4. The van der Waals surface area contributed by atoms with Crippen molar-refractivity contribution in [2.75, 3.05) is 19.6 Å². The molecule has 43 heavy (non-hydrogen) atoms. The third-order valence-electron chi connectivity index (χ3n) is 8.38. The molecule has 1 aliphatic rings. The summed E-state index contributed by atoms with van der Waals surface area (Å²) in [5.74, 6) is 2.52. The quantitative estimate of drug-likeness (QED) is 0.160. The predicted molar refractivity (Wildman–Crippen MR) is 178 cm³/mol. The first-order chi connectivity index (χ1) is 21.0. The topological polar surface area (TPSA) is 64.9 Å². The monoisotopic (exact) mass is 608 g/mol. The Balaban J connectivity index is 1.02. The number of likely N-dealkylation sites (tertiary alicyclic amines) is 1. The lowest BCUT2D eigenvalue weighted by Crippen LogP contribution is -2.33. The first kappa shape index (κ1) is 29.4. The van der Waals surface area contributed by atoms with Gasteiger partial charge >= 0.3 is 0 Å². The van der Waals surface area contributed by atoms with E-state index < -0.39 is 0 Å². The number of aromatic amines is 1. The molecule has 0 unspecified atom stereocenters. The number of thiazole rings is 1. The van der Waals surface area contributed by atoms with Crippen LogP contribution in [-0.4, -0.2) is 34.5 Å². The summed E-state index contributed by atoms with van der Waals surface area (Å²) in [5, 5.41) is 12.4. The minimum atomic E-state index is 0.426. The third kappa shape index (κ3) is 6.96. The van der Waals surface area contributed by atoms with Gasteiger partial charge in [-0.1, -0.05) is 25.4 Å². The Morgan fingerprint density at radius 3 is 2.44 bits per heavy atom. The number of aryl methyl sites for hydroxylation is 1. The molecular weight excluding hydrogens is 572 g/mol. The molecule has 7 heteroatoms. The average molecular weight is 609 g/mol. The van der Waals surface area contributed by atoms with E-state index in [2.05, 4.69) is 48.1 Å². The fourth-order valence-electron chi connectivity index (χ4n) is 5.95. The lowest BCUT2D eigenvalue weighted by molar-refractivity contribution is 0.209. The van der Waals surface area contributed by atoms with Gasteiger partial charge in [-0.05, 0) is 130 Å². The summed E-state index contributed by atoms with van der Waals surface area (Å²) in [6.07, 6.45) is 7.82. The molecule has 1 saturated heterocycles. The van der Waals surface area contributed by atoms with E-state index in [1.807, 2.05) is 65.9 Å². The Labute approximate surface area is 263 Å². The summed E-state index contributed by atoms with van der Waals surface area (Å²) in [6.45, 7) is 7.93. The summed E-state index contributed by atoms with van der Waals surface area (Å²) in [5.41, 5.74) is 5.42. The van der Waals surface area contributed by atoms with E-state index in [1.165, 1.54) is 27.3 Å². The molecule has 5 aromatic rings. The lowest BCUT2D eigenvalue weighted by Gasteiger charge is -2.31. The van der Waals surface area contributed by atoms with E-state index >= 15 is 0 Å². The van der Waals surface area contributed by atoms with Gasteiger partial charge in [0.1, 0.15) is 11.5 Å². The van der Waals surface area contributed by atoms with Crippen LogP contribution in [0.2, 0.25) is 5.02 Å². The number of piperidine rings is 1. The predicted octanol–water partition coefficient (Wildman–Crippen LogP) is 9.93. The third-order valence-corrected chi connectivity index (χ3v) is 10.1. The van der Waals surface area contributed by atoms with Gasteiger partial charge in [-0.3, -0.25) is 0 Å². The molecule has 3 heterocycles. The summed E-state index contributed by atoms with van der Waals surface area (Å²) in [6, 6.07) is 23.9. The number of ether oxygens (including phenoxy) is 1. The fraction of sp³-hybridized carbons (Fsp3) is 0.333. The van der Waals surface area contributed by atoms with Crippen LogP contribution in [0.1, 0.15) is 72.4 Å². The van der Waals surface area contributed by atoms with E-state index in [9.17, 15) is 5.26 Å². The van der Waals surface area contributed by atoms with E-state index in [1.54, 1.807) is 0 Å². The standard InChI is InChI=1S/C36H37ClN4OS/c1-24(2)35-34(26-7-11-30(12-8-26)42-31-13-9-29(37)10-14-31)40-36(43-35)27-16-19-41(20-17-27)18-4-3-5-28-23-39-33-15-6-25(22-38)21-32(28)33/h6-15,21,23-24,27,39H,3-5,16-20H2,1-2H3. The van der Waals surface area contributed by atoms with Crippen molar-refractivity contribution in [1.82, 2.24) is 14.9 Å². The van der Waals surface area contributed by atoms with E-state index in [0.29, 0.717) is 16.9 Å². The minimum absolute atomic E-state index is 0.426. The summed E-state index contributed by atoms with van der Waals surface area (Å²) in [4.78, 5) is 12.6. The molecule has 3 aromatic carbocycles. The molecule has 1 aliphatic heterocycles.